The fourth-order valence-electron chi connectivity index (χ4n) is 4.28. The minimum atomic E-state index is -3.76. The molecule has 0 saturated carbocycles. The number of aromatic nitrogens is 1. The van der Waals surface area contributed by atoms with Gasteiger partial charge in [-0.3, -0.25) is 19.5 Å². The molecule has 9 nitrogen and oxygen atoms in total. The van der Waals surface area contributed by atoms with Crippen molar-refractivity contribution >= 4 is 39.3 Å². The van der Waals surface area contributed by atoms with Crippen molar-refractivity contribution in [1.29, 1.82) is 0 Å². The van der Waals surface area contributed by atoms with Gasteiger partial charge in [0, 0.05) is 30.1 Å². The molecule has 2 aliphatic rings. The fraction of sp³-hybridized carbons (Fsp3) is 0.350. The van der Waals surface area contributed by atoms with Crippen molar-refractivity contribution in [3.05, 3.63) is 58.0 Å². The molecule has 4 rings (SSSR count). The van der Waals surface area contributed by atoms with Crippen molar-refractivity contribution < 1.29 is 22.8 Å². The van der Waals surface area contributed by atoms with Gasteiger partial charge >= 0.3 is 0 Å². The number of hydrogen-bond donors (Lipinski definition) is 1. The molecule has 0 aromatic carbocycles. The number of Topliss-reactive ketones (excluding diaryl/α,β-unsaturated/α-hetero) is 1. The van der Waals surface area contributed by atoms with E-state index in [1.54, 1.807) is 34.5 Å². The zero-order valence-electron chi connectivity index (χ0n) is 16.5. The van der Waals surface area contributed by atoms with Crippen LogP contribution in [0, 0.1) is 6.04 Å². The topological polar surface area (TPSA) is 131 Å². The minimum absolute atomic E-state index is 0.163. The van der Waals surface area contributed by atoms with Crippen LogP contribution in [0.15, 0.2) is 35.8 Å². The number of nitrogens with zero attached hydrogens (tertiary/aromatic N) is 3. The molecular formula is C20H21N4O5S2. The molecule has 4 heterocycles. The summed E-state index contributed by atoms with van der Waals surface area (Å²) in [6, 6.07) is 5.74. The number of pyridine rings is 1. The second kappa shape index (κ2) is 8.58. The van der Waals surface area contributed by atoms with Crippen molar-refractivity contribution in [3.8, 4) is 0 Å². The molecule has 2 aromatic rings. The van der Waals surface area contributed by atoms with E-state index in [0.29, 0.717) is 41.4 Å². The highest BCUT2D eigenvalue weighted by atomic mass is 32.2. The maximum absolute atomic E-state index is 13.0. The Kier molecular flexibility index (Phi) is 6.02. The second-order valence-corrected chi connectivity index (χ2v) is 10.4. The van der Waals surface area contributed by atoms with Gasteiger partial charge in [0.1, 0.15) is 18.1 Å². The normalized spacial score (nSPS) is 22.2. The Morgan fingerprint density at radius 2 is 2.13 bits per heavy atom. The summed E-state index contributed by atoms with van der Waals surface area (Å²) >= 11 is 1.31. The summed E-state index contributed by atoms with van der Waals surface area (Å²) in [6.45, 7) is 0.153. The van der Waals surface area contributed by atoms with Crippen molar-refractivity contribution in [3.63, 3.8) is 0 Å². The Morgan fingerprint density at radius 1 is 1.32 bits per heavy atom. The van der Waals surface area contributed by atoms with Crippen LogP contribution in [0.2, 0.25) is 0 Å². The number of rotatable bonds is 8. The molecule has 1 radical (unpaired) electrons. The summed E-state index contributed by atoms with van der Waals surface area (Å²) in [5.74, 6) is -1.11. The predicted molar refractivity (Wildman–Crippen MR) is 113 cm³/mol. The van der Waals surface area contributed by atoms with Crippen molar-refractivity contribution in [2.24, 2.45) is 5.73 Å². The van der Waals surface area contributed by atoms with E-state index < -0.39 is 28.0 Å². The zero-order chi connectivity index (χ0) is 22.2. The molecule has 2 saturated heterocycles. The summed E-state index contributed by atoms with van der Waals surface area (Å²) in [6.07, 6.45) is 2.79. The molecule has 1 amide bonds. The molecule has 11 heteroatoms. The van der Waals surface area contributed by atoms with E-state index in [1.165, 1.54) is 21.8 Å². The number of aldehydes is 1. The van der Waals surface area contributed by atoms with Gasteiger partial charge < -0.3 is 10.5 Å². The van der Waals surface area contributed by atoms with Crippen LogP contribution in [0.1, 0.15) is 27.3 Å². The fourth-order valence-corrected chi connectivity index (χ4v) is 6.85. The molecule has 2 N–H and O–H groups in total. The monoisotopic (exact) mass is 461 g/mol. The quantitative estimate of drug-likeness (QED) is 0.562. The molecule has 0 spiro atoms. The summed E-state index contributed by atoms with van der Waals surface area (Å²) in [5.41, 5.74) is 6.14. The van der Waals surface area contributed by atoms with Crippen LogP contribution >= 0.6 is 11.3 Å². The number of nitrogens with two attached hydrogens (primary N) is 1. The third kappa shape index (κ3) is 4.18. The van der Waals surface area contributed by atoms with Crippen LogP contribution in [0.25, 0.3) is 0 Å². The Balaban J connectivity index is 1.53. The second-order valence-electron chi connectivity index (χ2n) is 7.49. The number of hydrogen-bond acceptors (Lipinski definition) is 8. The van der Waals surface area contributed by atoms with Crippen molar-refractivity contribution in [2.75, 3.05) is 13.1 Å². The summed E-state index contributed by atoms with van der Waals surface area (Å²) in [7, 11) is -3.76. The number of fused-ring (bicyclic) bond motifs is 1. The van der Waals surface area contributed by atoms with E-state index in [-0.39, 0.29) is 24.5 Å². The minimum Gasteiger partial charge on any atom is -0.366 e. The average molecular weight is 462 g/mol. The highest BCUT2D eigenvalue weighted by Crippen LogP contribution is 2.36. The van der Waals surface area contributed by atoms with Crippen LogP contribution in [0.4, 0.5) is 0 Å². The summed E-state index contributed by atoms with van der Waals surface area (Å²) in [5, 5.41) is 1.72. The van der Waals surface area contributed by atoms with Gasteiger partial charge in [0.05, 0.1) is 23.8 Å². The Bertz CT molecular complexity index is 1100. The summed E-state index contributed by atoms with van der Waals surface area (Å²) < 4.78 is 27.3. The third-order valence-corrected chi connectivity index (χ3v) is 8.34. The van der Waals surface area contributed by atoms with E-state index in [2.05, 4.69) is 4.98 Å². The first-order chi connectivity index (χ1) is 14.8. The Morgan fingerprint density at radius 3 is 2.81 bits per heavy atom. The van der Waals surface area contributed by atoms with Gasteiger partial charge in [-0.05, 0) is 30.0 Å². The van der Waals surface area contributed by atoms with Gasteiger partial charge in [-0.2, -0.15) is 4.31 Å². The lowest BCUT2D eigenvalue weighted by molar-refractivity contribution is -0.120. The number of likely N-dealkylation sites (tertiary alicyclic amines) is 1. The molecule has 2 aliphatic heterocycles. The number of ketones is 1. The first-order valence-corrected chi connectivity index (χ1v) is 12.2. The Hall–Kier alpha value is -2.47. The molecular weight excluding hydrogens is 440 g/mol. The first kappa shape index (κ1) is 21.8. The molecule has 31 heavy (non-hydrogen) atoms. The molecule has 0 bridgehead atoms. The molecule has 2 aromatic heterocycles. The maximum atomic E-state index is 13.0. The largest absolute Gasteiger partial charge is 0.366 e. The van der Waals surface area contributed by atoms with Gasteiger partial charge in [-0.25, -0.2) is 8.42 Å². The number of amides is 1. The van der Waals surface area contributed by atoms with Gasteiger partial charge in [0.2, 0.25) is 15.9 Å². The zero-order valence-corrected chi connectivity index (χ0v) is 18.1. The lowest BCUT2D eigenvalue weighted by Crippen LogP contribution is -2.43. The SMILES string of the molecule is NC(=O)c1ccsc1C[C](C=O)N1CCC2C1C(=O)CN2S(=O)(=O)Cc1ccccn1. The van der Waals surface area contributed by atoms with Crippen LogP contribution < -0.4 is 5.73 Å². The lowest BCUT2D eigenvalue weighted by atomic mass is 10.1. The van der Waals surface area contributed by atoms with Crippen LogP contribution in [-0.4, -0.2) is 65.8 Å². The lowest BCUT2D eigenvalue weighted by Gasteiger charge is -2.27. The predicted octanol–water partition coefficient (Wildman–Crippen LogP) is 0.373. The standard InChI is InChI=1S/C20H21N4O5S2/c21-20(27)15-5-8-30-18(15)9-14(11-25)23-7-4-16-19(23)17(26)10-24(16)31(28,29)12-13-3-1-2-6-22-13/h1-3,5-6,8,11,16,19H,4,7,9-10,12H2,(H2,21,27). The summed E-state index contributed by atoms with van der Waals surface area (Å²) in [4.78, 5) is 42.7. The third-order valence-electron chi connectivity index (χ3n) is 5.65. The van der Waals surface area contributed by atoms with Crippen molar-refractivity contribution in [2.45, 2.75) is 30.7 Å². The highest BCUT2D eigenvalue weighted by molar-refractivity contribution is 7.88. The van der Waals surface area contributed by atoms with Crippen LogP contribution in [-0.2, 0) is 31.8 Å². The Labute approximate surface area is 183 Å². The van der Waals surface area contributed by atoms with E-state index in [0.717, 1.165) is 0 Å². The van der Waals surface area contributed by atoms with E-state index in [9.17, 15) is 22.8 Å². The first-order valence-electron chi connectivity index (χ1n) is 9.68. The van der Waals surface area contributed by atoms with Crippen molar-refractivity contribution in [1.82, 2.24) is 14.2 Å². The van der Waals surface area contributed by atoms with E-state index >= 15 is 0 Å². The maximum Gasteiger partial charge on any atom is 0.249 e. The molecule has 2 unspecified atom stereocenters. The number of sulfonamides is 1. The molecule has 2 fully saturated rings. The molecule has 0 aliphatic carbocycles. The number of carbonyl (C=O) groups excluding carboxylic acids is 3. The van der Waals surface area contributed by atoms with E-state index in [4.69, 9.17) is 5.73 Å². The average Bonchev–Trinajstić information content (AvgIpc) is 3.44. The van der Waals surface area contributed by atoms with Crippen LogP contribution in [0.3, 0.4) is 0 Å². The molecule has 163 valence electrons. The van der Waals surface area contributed by atoms with Gasteiger partial charge in [0.25, 0.3) is 0 Å². The molecule has 2 atom stereocenters. The smallest absolute Gasteiger partial charge is 0.249 e. The van der Waals surface area contributed by atoms with Gasteiger partial charge in [0.15, 0.2) is 5.78 Å². The number of primary amides is 1. The number of carbonyl (C=O) groups is 3. The van der Waals surface area contributed by atoms with Crippen LogP contribution in [0.5, 0.6) is 0 Å². The highest BCUT2D eigenvalue weighted by Gasteiger charge is 2.53. The number of thiophene rings is 1. The van der Waals surface area contributed by atoms with E-state index in [1.807, 2.05) is 0 Å². The van der Waals surface area contributed by atoms with Gasteiger partial charge in [-0.1, -0.05) is 6.07 Å². The van der Waals surface area contributed by atoms with Gasteiger partial charge in [-0.15, -0.1) is 11.3 Å².